The second kappa shape index (κ2) is 9.74. The molecule has 1 aromatic heterocycles. The number of aromatic hydroxyl groups is 1. The van der Waals surface area contributed by atoms with E-state index in [0.717, 1.165) is 40.2 Å². The van der Waals surface area contributed by atoms with Crippen LogP contribution in [0.3, 0.4) is 0 Å². The summed E-state index contributed by atoms with van der Waals surface area (Å²) in [5.74, 6) is -0.489. The third-order valence-corrected chi connectivity index (χ3v) is 6.57. The molecule has 3 rings (SSSR count). The number of carbonyl (C=O) groups excluding carboxylic acids is 1. The molecule has 8 nitrogen and oxygen atoms in total. The fourth-order valence-electron chi connectivity index (χ4n) is 3.50. The summed E-state index contributed by atoms with van der Waals surface area (Å²) in [6, 6.07) is 6.81. The van der Waals surface area contributed by atoms with Gasteiger partial charge in [0.2, 0.25) is 11.8 Å². The van der Waals surface area contributed by atoms with E-state index in [0.29, 0.717) is 17.3 Å². The summed E-state index contributed by atoms with van der Waals surface area (Å²) in [6.07, 6.45) is 3.03. The average molecular weight is 465 g/mol. The molecule has 1 atom stereocenters. The van der Waals surface area contributed by atoms with Crippen LogP contribution in [0.4, 0.5) is 5.69 Å². The lowest BCUT2D eigenvalue weighted by Crippen LogP contribution is -2.43. The Balaban J connectivity index is 2.01. The quantitative estimate of drug-likeness (QED) is 0.554. The number of hydrogen-bond acceptors (Lipinski definition) is 6. The van der Waals surface area contributed by atoms with Gasteiger partial charge in [0, 0.05) is 31.7 Å². The summed E-state index contributed by atoms with van der Waals surface area (Å²) in [7, 11) is 2.70. The van der Waals surface area contributed by atoms with E-state index >= 15 is 0 Å². The Labute approximate surface area is 189 Å². The summed E-state index contributed by atoms with van der Waals surface area (Å²) >= 11 is 7.01. The van der Waals surface area contributed by atoms with Crippen molar-refractivity contribution in [2.75, 3.05) is 12.3 Å². The maximum atomic E-state index is 12.8. The number of hydrogen-bond donors (Lipinski definition) is 1. The van der Waals surface area contributed by atoms with Gasteiger partial charge in [-0.3, -0.25) is 18.7 Å². The molecule has 0 spiro atoms. The van der Waals surface area contributed by atoms with Crippen molar-refractivity contribution in [1.29, 1.82) is 0 Å². The second-order valence-corrected chi connectivity index (χ2v) is 8.92. The van der Waals surface area contributed by atoms with Gasteiger partial charge < -0.3 is 10.0 Å². The van der Waals surface area contributed by atoms with E-state index in [1.165, 1.54) is 14.1 Å². The van der Waals surface area contributed by atoms with E-state index in [1.54, 1.807) is 24.3 Å². The lowest BCUT2D eigenvalue weighted by Gasteiger charge is -2.33. The van der Waals surface area contributed by atoms with Gasteiger partial charge in [0.1, 0.15) is 10.6 Å². The minimum Gasteiger partial charge on any atom is -0.494 e. The van der Waals surface area contributed by atoms with E-state index in [-0.39, 0.29) is 28.3 Å². The van der Waals surface area contributed by atoms with Gasteiger partial charge >= 0.3 is 5.69 Å². The van der Waals surface area contributed by atoms with Crippen molar-refractivity contribution in [3.63, 3.8) is 0 Å². The van der Waals surface area contributed by atoms with Crippen LogP contribution >= 0.6 is 23.4 Å². The molecule has 10 heteroatoms. The maximum Gasteiger partial charge on any atom is 0.333 e. The minimum atomic E-state index is -0.681. The molecular formula is C21H25ClN4O4S. The molecule has 1 aromatic carbocycles. The average Bonchev–Trinajstić information content (AvgIpc) is 2.76. The highest BCUT2D eigenvalue weighted by molar-refractivity contribution is 8.15. The zero-order valence-corrected chi connectivity index (χ0v) is 19.2. The summed E-state index contributed by atoms with van der Waals surface area (Å²) in [4.78, 5) is 44.1. The Morgan fingerprint density at radius 1 is 1.19 bits per heavy atom. The number of benzene rings is 1. The molecular weight excluding hydrogens is 440 g/mol. The monoisotopic (exact) mass is 464 g/mol. The molecule has 2 heterocycles. The van der Waals surface area contributed by atoms with Gasteiger partial charge in [-0.1, -0.05) is 23.4 Å². The van der Waals surface area contributed by atoms with Gasteiger partial charge in [0.25, 0.3) is 5.56 Å². The van der Waals surface area contributed by atoms with Crippen LogP contribution in [0.1, 0.15) is 31.7 Å². The molecule has 31 heavy (non-hydrogen) atoms. The zero-order valence-electron chi connectivity index (χ0n) is 17.7. The maximum absolute atomic E-state index is 12.8. The van der Waals surface area contributed by atoms with E-state index in [4.69, 9.17) is 11.6 Å². The number of halogens is 1. The van der Waals surface area contributed by atoms with Crippen molar-refractivity contribution in [1.82, 2.24) is 14.0 Å². The lowest BCUT2D eigenvalue weighted by atomic mass is 10.0. The van der Waals surface area contributed by atoms with Gasteiger partial charge in [-0.25, -0.2) is 9.79 Å². The molecule has 1 saturated heterocycles. The predicted molar refractivity (Wildman–Crippen MR) is 124 cm³/mol. The van der Waals surface area contributed by atoms with Gasteiger partial charge in [0.15, 0.2) is 0 Å². The van der Waals surface area contributed by atoms with Crippen LogP contribution in [0.25, 0.3) is 0 Å². The second-order valence-electron chi connectivity index (χ2n) is 7.52. The normalized spacial score (nSPS) is 17.1. The number of aromatic nitrogens is 2. The van der Waals surface area contributed by atoms with Crippen molar-refractivity contribution < 1.29 is 9.90 Å². The van der Waals surface area contributed by atoms with Gasteiger partial charge in [-0.2, -0.15) is 0 Å². The molecule has 0 radical (unpaired) electrons. The Morgan fingerprint density at radius 3 is 2.52 bits per heavy atom. The highest BCUT2D eigenvalue weighted by Gasteiger charge is 2.26. The van der Waals surface area contributed by atoms with Crippen LogP contribution in [0, 0.1) is 0 Å². The number of rotatable bonds is 4. The summed E-state index contributed by atoms with van der Waals surface area (Å²) in [5, 5.41) is 11.3. The van der Waals surface area contributed by atoms with Crippen LogP contribution in [0.5, 0.6) is 5.88 Å². The number of amides is 1. The number of likely N-dealkylation sites (tertiary alicyclic amines) is 1. The number of nitrogens with zero attached hydrogens (tertiary/aromatic N) is 4. The standard InChI is InChI=1S/C21H25ClN4O4S/c1-13-6-4-5-11-26(13)16(27)12-31-18(23-15-9-7-14(22)8-10-15)17-19(28)24(2)21(30)25(3)20(17)29/h7-10,13,28H,4-6,11-12H2,1-3H3/t13-/m1/s1. The van der Waals surface area contributed by atoms with E-state index in [2.05, 4.69) is 4.99 Å². The van der Waals surface area contributed by atoms with E-state index in [9.17, 15) is 19.5 Å². The van der Waals surface area contributed by atoms with Crippen molar-refractivity contribution in [3.05, 3.63) is 55.7 Å². The molecule has 0 saturated carbocycles. The Kier molecular flexibility index (Phi) is 7.27. The molecule has 0 unspecified atom stereocenters. The summed E-state index contributed by atoms with van der Waals surface area (Å²) in [6.45, 7) is 2.73. The highest BCUT2D eigenvalue weighted by Crippen LogP contribution is 2.25. The van der Waals surface area contributed by atoms with E-state index in [1.807, 2.05) is 11.8 Å². The van der Waals surface area contributed by atoms with E-state index < -0.39 is 17.1 Å². The van der Waals surface area contributed by atoms with Gasteiger partial charge in [-0.05, 0) is 50.5 Å². The molecule has 1 fully saturated rings. The first-order valence-electron chi connectivity index (χ1n) is 9.96. The Bertz CT molecular complexity index is 1120. The van der Waals surface area contributed by atoms with Crippen molar-refractivity contribution in [2.24, 2.45) is 19.1 Å². The largest absolute Gasteiger partial charge is 0.494 e. The molecule has 1 N–H and O–H groups in total. The van der Waals surface area contributed by atoms with Crippen LogP contribution in [0.2, 0.25) is 5.02 Å². The summed E-state index contributed by atoms with van der Waals surface area (Å²) < 4.78 is 1.88. The first kappa shape index (κ1) is 23.1. The zero-order chi connectivity index (χ0) is 22.7. The molecule has 1 aliphatic rings. The number of aliphatic imine (C=N–C) groups is 1. The fourth-order valence-corrected chi connectivity index (χ4v) is 4.54. The lowest BCUT2D eigenvalue weighted by molar-refractivity contribution is -0.131. The van der Waals surface area contributed by atoms with Crippen LogP contribution < -0.4 is 11.2 Å². The Hall–Kier alpha value is -2.52. The van der Waals surface area contributed by atoms with Crippen molar-refractivity contribution in [3.8, 4) is 5.88 Å². The number of piperidine rings is 1. The van der Waals surface area contributed by atoms with Crippen LogP contribution in [0.15, 0.2) is 38.8 Å². The van der Waals surface area contributed by atoms with Gasteiger partial charge in [-0.15, -0.1) is 0 Å². The minimum absolute atomic E-state index is 0.0536. The topological polar surface area (TPSA) is 96.9 Å². The third-order valence-electron chi connectivity index (χ3n) is 5.36. The first-order valence-corrected chi connectivity index (χ1v) is 11.3. The summed E-state index contributed by atoms with van der Waals surface area (Å²) in [5.41, 5.74) is -0.954. The molecule has 2 aromatic rings. The smallest absolute Gasteiger partial charge is 0.333 e. The highest BCUT2D eigenvalue weighted by atomic mass is 35.5. The molecule has 166 valence electrons. The predicted octanol–water partition coefficient (Wildman–Crippen LogP) is 2.66. The van der Waals surface area contributed by atoms with Crippen molar-refractivity contribution in [2.45, 2.75) is 32.2 Å². The van der Waals surface area contributed by atoms with Crippen LogP contribution in [-0.4, -0.2) is 48.4 Å². The SMILES string of the molecule is C[C@@H]1CCCCN1C(=O)CSC(=Nc1ccc(Cl)cc1)c1c(O)n(C)c(=O)n(C)c1=O. The molecule has 0 aliphatic carbocycles. The molecule has 1 amide bonds. The Morgan fingerprint density at radius 2 is 1.87 bits per heavy atom. The fraction of sp³-hybridized carbons (Fsp3) is 0.429. The van der Waals surface area contributed by atoms with Crippen LogP contribution in [-0.2, 0) is 18.9 Å². The first-order chi connectivity index (χ1) is 14.7. The molecule has 1 aliphatic heterocycles. The number of thioether (sulfide) groups is 1. The number of carbonyl (C=O) groups is 1. The molecule has 0 bridgehead atoms. The van der Waals surface area contributed by atoms with Crippen molar-refractivity contribution >= 4 is 40.0 Å². The third kappa shape index (κ3) is 5.04. The van der Waals surface area contributed by atoms with Gasteiger partial charge in [0.05, 0.1) is 11.4 Å².